The van der Waals surface area contributed by atoms with Crippen LogP contribution in [0.3, 0.4) is 0 Å². The minimum absolute atomic E-state index is 0.165. The average Bonchev–Trinajstić information content (AvgIpc) is 3.67. The zero-order chi connectivity index (χ0) is 23.8. The minimum atomic E-state index is -0.580. The third-order valence-electron chi connectivity index (χ3n) is 7.36. The molecule has 1 saturated carbocycles. The zero-order valence-electron chi connectivity index (χ0n) is 19.6. The highest BCUT2D eigenvalue weighted by Crippen LogP contribution is 2.35. The molecule has 1 atom stereocenters. The molecule has 1 saturated heterocycles. The number of aromatic nitrogens is 5. The second kappa shape index (κ2) is 9.24. The molecular weight excluding hydrogens is 447 g/mol. The number of nitrogens with one attached hydrogen (secondary N) is 3. The summed E-state index contributed by atoms with van der Waals surface area (Å²) in [4.78, 5) is 36.4. The van der Waals surface area contributed by atoms with Crippen LogP contribution in [0.25, 0.3) is 0 Å². The van der Waals surface area contributed by atoms with Crippen LogP contribution in [0.1, 0.15) is 67.8 Å². The van der Waals surface area contributed by atoms with Crippen LogP contribution < -0.4 is 15.5 Å². The molecule has 0 spiro atoms. The molecule has 2 aliphatic carbocycles. The first-order valence-electron chi connectivity index (χ1n) is 12.5. The maximum absolute atomic E-state index is 13.1. The van der Waals surface area contributed by atoms with Crippen LogP contribution in [-0.2, 0) is 17.6 Å². The predicted molar refractivity (Wildman–Crippen MR) is 130 cm³/mol. The summed E-state index contributed by atoms with van der Waals surface area (Å²) in [5.41, 5.74) is 3.82. The molecule has 3 aromatic heterocycles. The molecule has 182 valence electrons. The Hall–Kier alpha value is -3.56. The van der Waals surface area contributed by atoms with Gasteiger partial charge in [0.15, 0.2) is 0 Å². The number of pyridine rings is 1. The van der Waals surface area contributed by atoms with E-state index in [0.29, 0.717) is 36.5 Å². The Kier molecular flexibility index (Phi) is 5.79. The van der Waals surface area contributed by atoms with Crippen molar-refractivity contribution in [3.8, 4) is 0 Å². The highest BCUT2D eigenvalue weighted by atomic mass is 19.1. The van der Waals surface area contributed by atoms with Gasteiger partial charge in [-0.1, -0.05) is 12.8 Å². The van der Waals surface area contributed by atoms with Crippen molar-refractivity contribution in [2.45, 2.75) is 69.7 Å². The van der Waals surface area contributed by atoms with Crippen LogP contribution in [0.4, 0.5) is 27.8 Å². The van der Waals surface area contributed by atoms with Crippen LogP contribution in [0.2, 0.25) is 0 Å². The maximum atomic E-state index is 13.1. The number of imidazole rings is 1. The Morgan fingerprint density at radius 1 is 1.03 bits per heavy atom. The number of carbonyl (C=O) groups is 1. The standard InChI is InChI=1S/C25H29FN8O/c26-21-11-10-16(13-27-21)29-23(35)20-9-4-12-34(20)25-31-18-8-3-7-17(18)22(33-25)32-24-28-14-19(30-24)15-5-1-2-6-15/h10-11,13-15,20H,1-9,12H2,(H,29,35)(H2,28,30,31,32,33)/t20-/m0/s1. The van der Waals surface area contributed by atoms with Gasteiger partial charge in [0.1, 0.15) is 11.9 Å². The number of carbonyl (C=O) groups excluding carboxylic acids is 1. The van der Waals surface area contributed by atoms with Crippen molar-refractivity contribution in [1.29, 1.82) is 0 Å². The smallest absolute Gasteiger partial charge is 0.247 e. The summed E-state index contributed by atoms with van der Waals surface area (Å²) in [6.07, 6.45) is 12.7. The molecule has 0 bridgehead atoms. The van der Waals surface area contributed by atoms with Crippen LogP contribution in [0, 0.1) is 5.95 Å². The Morgan fingerprint density at radius 2 is 1.91 bits per heavy atom. The second-order valence-electron chi connectivity index (χ2n) is 9.65. The van der Waals surface area contributed by atoms with Crippen molar-refractivity contribution in [3.05, 3.63) is 47.4 Å². The number of fused-ring (bicyclic) bond motifs is 1. The number of halogens is 1. The molecule has 1 aliphatic heterocycles. The van der Waals surface area contributed by atoms with E-state index in [1.54, 1.807) is 0 Å². The van der Waals surface area contributed by atoms with Gasteiger partial charge < -0.3 is 20.5 Å². The normalized spacial score (nSPS) is 19.8. The van der Waals surface area contributed by atoms with Crippen molar-refractivity contribution in [2.75, 3.05) is 22.1 Å². The van der Waals surface area contributed by atoms with Crippen LogP contribution in [0.5, 0.6) is 0 Å². The molecule has 35 heavy (non-hydrogen) atoms. The van der Waals surface area contributed by atoms with E-state index in [1.165, 1.54) is 49.7 Å². The topological polar surface area (TPSA) is 112 Å². The molecule has 6 rings (SSSR count). The average molecular weight is 477 g/mol. The van der Waals surface area contributed by atoms with Gasteiger partial charge in [-0.3, -0.25) is 4.79 Å². The van der Waals surface area contributed by atoms with Crippen molar-refractivity contribution in [3.63, 3.8) is 0 Å². The highest BCUT2D eigenvalue weighted by Gasteiger charge is 2.34. The van der Waals surface area contributed by atoms with E-state index in [2.05, 4.69) is 25.6 Å². The number of aryl methyl sites for hydroxylation is 1. The summed E-state index contributed by atoms with van der Waals surface area (Å²) < 4.78 is 13.1. The maximum Gasteiger partial charge on any atom is 0.247 e. The lowest BCUT2D eigenvalue weighted by molar-refractivity contribution is -0.117. The van der Waals surface area contributed by atoms with E-state index >= 15 is 0 Å². The summed E-state index contributed by atoms with van der Waals surface area (Å²) in [5, 5.41) is 6.26. The number of H-pyrrole nitrogens is 1. The highest BCUT2D eigenvalue weighted by molar-refractivity contribution is 5.96. The minimum Gasteiger partial charge on any atom is -0.329 e. The number of hydrogen-bond acceptors (Lipinski definition) is 7. The summed E-state index contributed by atoms with van der Waals surface area (Å²) >= 11 is 0. The van der Waals surface area contributed by atoms with Gasteiger partial charge in [0, 0.05) is 23.7 Å². The van der Waals surface area contributed by atoms with Gasteiger partial charge in [-0.05, 0) is 57.1 Å². The van der Waals surface area contributed by atoms with Gasteiger partial charge >= 0.3 is 0 Å². The number of amides is 1. The lowest BCUT2D eigenvalue weighted by atomic mass is 10.1. The predicted octanol–water partition coefficient (Wildman–Crippen LogP) is 4.23. The van der Waals surface area contributed by atoms with Gasteiger partial charge in [-0.15, -0.1) is 0 Å². The lowest BCUT2D eigenvalue weighted by Crippen LogP contribution is -2.40. The first kappa shape index (κ1) is 21.9. The molecule has 4 heterocycles. The molecule has 10 heteroatoms. The summed E-state index contributed by atoms with van der Waals surface area (Å²) in [6, 6.07) is 2.34. The number of anilines is 4. The van der Waals surface area contributed by atoms with E-state index in [9.17, 15) is 9.18 Å². The monoisotopic (exact) mass is 476 g/mol. The van der Waals surface area contributed by atoms with Crippen LogP contribution in [0.15, 0.2) is 24.5 Å². The van der Waals surface area contributed by atoms with Gasteiger partial charge in [0.25, 0.3) is 0 Å². The first-order chi connectivity index (χ1) is 17.1. The molecule has 0 unspecified atom stereocenters. The fourth-order valence-corrected chi connectivity index (χ4v) is 5.56. The van der Waals surface area contributed by atoms with E-state index in [0.717, 1.165) is 42.8 Å². The number of nitrogens with zero attached hydrogens (tertiary/aromatic N) is 5. The molecule has 0 aromatic carbocycles. The van der Waals surface area contributed by atoms with E-state index in [4.69, 9.17) is 9.97 Å². The lowest BCUT2D eigenvalue weighted by Gasteiger charge is -2.25. The molecule has 2 fully saturated rings. The molecule has 3 aliphatic rings. The SMILES string of the molecule is O=C(Nc1ccc(F)nc1)[C@@H]1CCCN1c1nc2c(c(Nc3ncc(C4CCCC4)[nH]3)n1)CCC2. The second-order valence-corrected chi connectivity index (χ2v) is 9.65. The Labute approximate surface area is 203 Å². The zero-order valence-corrected chi connectivity index (χ0v) is 19.6. The molecule has 1 amide bonds. The fourth-order valence-electron chi connectivity index (χ4n) is 5.56. The van der Waals surface area contributed by atoms with E-state index in [1.807, 2.05) is 11.1 Å². The largest absolute Gasteiger partial charge is 0.329 e. The van der Waals surface area contributed by atoms with Crippen molar-refractivity contribution in [2.24, 2.45) is 0 Å². The van der Waals surface area contributed by atoms with Gasteiger partial charge in [-0.2, -0.15) is 9.37 Å². The number of aromatic amines is 1. The molecule has 3 aromatic rings. The van der Waals surface area contributed by atoms with Crippen LogP contribution in [-0.4, -0.2) is 43.4 Å². The van der Waals surface area contributed by atoms with Gasteiger partial charge in [0.2, 0.25) is 23.8 Å². The molecular formula is C25H29FN8O. The molecule has 0 radical (unpaired) electrons. The molecule has 3 N–H and O–H groups in total. The number of rotatable bonds is 6. The first-order valence-corrected chi connectivity index (χ1v) is 12.5. The molecule has 9 nitrogen and oxygen atoms in total. The third-order valence-corrected chi connectivity index (χ3v) is 7.36. The van der Waals surface area contributed by atoms with Crippen molar-refractivity contribution in [1.82, 2.24) is 24.9 Å². The number of hydrogen-bond donors (Lipinski definition) is 3. The Balaban J connectivity index is 1.24. The van der Waals surface area contributed by atoms with E-state index in [-0.39, 0.29) is 5.91 Å². The fraction of sp³-hybridized carbons (Fsp3) is 0.480. The summed E-state index contributed by atoms with van der Waals surface area (Å²) in [6.45, 7) is 0.699. The van der Waals surface area contributed by atoms with Crippen LogP contribution >= 0.6 is 0 Å². The Bertz CT molecular complexity index is 1220. The van der Waals surface area contributed by atoms with Gasteiger partial charge in [-0.25, -0.2) is 15.0 Å². The summed E-state index contributed by atoms with van der Waals surface area (Å²) in [7, 11) is 0. The van der Waals surface area contributed by atoms with Crippen molar-refractivity contribution < 1.29 is 9.18 Å². The van der Waals surface area contributed by atoms with E-state index < -0.39 is 12.0 Å². The summed E-state index contributed by atoms with van der Waals surface area (Å²) in [5.74, 6) is 1.84. The quantitative estimate of drug-likeness (QED) is 0.457. The van der Waals surface area contributed by atoms with Gasteiger partial charge in [0.05, 0.1) is 23.8 Å². The Morgan fingerprint density at radius 3 is 2.74 bits per heavy atom. The van der Waals surface area contributed by atoms with Crippen molar-refractivity contribution >= 4 is 29.3 Å². The third kappa shape index (κ3) is 4.44.